The van der Waals surface area contributed by atoms with Gasteiger partial charge in [0.2, 0.25) is 5.91 Å². The molecule has 2 fully saturated rings. The molecule has 1 aromatic rings. The minimum absolute atomic E-state index is 0.103. The largest absolute Gasteiger partial charge is 0.365 e. The summed E-state index contributed by atoms with van der Waals surface area (Å²) in [5.74, 6) is 1.76. The van der Waals surface area contributed by atoms with Crippen molar-refractivity contribution in [3.05, 3.63) is 16.0 Å². The highest BCUT2D eigenvalue weighted by atomic mass is 32.1. The quantitative estimate of drug-likeness (QED) is 0.891. The third-order valence-corrected chi connectivity index (χ3v) is 7.24. The second-order valence-corrected chi connectivity index (χ2v) is 8.80. The molecule has 0 aromatic carbocycles. The number of nitrogens with two attached hydrogens (primary N) is 1. The number of carbonyl (C=O) groups excluding carboxylic acids is 2. The maximum absolute atomic E-state index is 12.7. The molecular formula is C18H24N2O2S. The fourth-order valence-electron chi connectivity index (χ4n) is 4.87. The van der Waals surface area contributed by atoms with Crippen LogP contribution in [0.4, 0.5) is 5.00 Å². The van der Waals surface area contributed by atoms with E-state index in [4.69, 9.17) is 5.73 Å². The van der Waals surface area contributed by atoms with Crippen LogP contribution in [0.2, 0.25) is 0 Å². The van der Waals surface area contributed by atoms with E-state index in [-0.39, 0.29) is 11.8 Å². The number of amides is 2. The topological polar surface area (TPSA) is 72.2 Å². The molecule has 2 amide bonds. The Morgan fingerprint density at radius 3 is 2.70 bits per heavy atom. The lowest BCUT2D eigenvalue weighted by molar-refractivity contribution is -0.121. The number of hydrogen-bond donors (Lipinski definition) is 2. The molecule has 0 saturated heterocycles. The molecule has 23 heavy (non-hydrogen) atoms. The summed E-state index contributed by atoms with van der Waals surface area (Å²) in [5, 5.41) is 3.77. The fourth-order valence-corrected chi connectivity index (χ4v) is 6.29. The molecule has 5 heteroatoms. The van der Waals surface area contributed by atoms with Crippen molar-refractivity contribution in [3.8, 4) is 0 Å². The molecule has 4 atom stereocenters. The Balaban J connectivity index is 1.59. The van der Waals surface area contributed by atoms with Crippen molar-refractivity contribution in [2.24, 2.45) is 29.4 Å². The van der Waals surface area contributed by atoms with Crippen molar-refractivity contribution in [2.75, 3.05) is 5.32 Å². The maximum atomic E-state index is 12.7. The first-order valence-electron chi connectivity index (χ1n) is 8.78. The molecule has 0 unspecified atom stereocenters. The minimum atomic E-state index is -0.403. The molecule has 4 rings (SSSR count). The van der Waals surface area contributed by atoms with Gasteiger partial charge in [0.25, 0.3) is 5.91 Å². The van der Waals surface area contributed by atoms with Crippen LogP contribution in [0.25, 0.3) is 0 Å². The Morgan fingerprint density at radius 1 is 1.22 bits per heavy atom. The zero-order valence-corrected chi connectivity index (χ0v) is 14.4. The number of thiophene rings is 1. The predicted octanol–water partition coefficient (Wildman–Crippen LogP) is 3.35. The van der Waals surface area contributed by atoms with E-state index in [0.29, 0.717) is 22.4 Å². The molecule has 3 aliphatic rings. The average molecular weight is 332 g/mol. The average Bonchev–Trinajstić information content (AvgIpc) is 3.18. The van der Waals surface area contributed by atoms with Crippen molar-refractivity contribution in [1.29, 1.82) is 0 Å². The Morgan fingerprint density at radius 2 is 2.04 bits per heavy atom. The maximum Gasteiger partial charge on any atom is 0.251 e. The number of rotatable bonds is 3. The van der Waals surface area contributed by atoms with Gasteiger partial charge in [-0.05, 0) is 61.8 Å². The van der Waals surface area contributed by atoms with Crippen LogP contribution in [-0.4, -0.2) is 11.8 Å². The van der Waals surface area contributed by atoms with Gasteiger partial charge >= 0.3 is 0 Å². The van der Waals surface area contributed by atoms with Gasteiger partial charge in [0, 0.05) is 10.8 Å². The lowest BCUT2D eigenvalue weighted by Crippen LogP contribution is -2.28. The van der Waals surface area contributed by atoms with Crippen molar-refractivity contribution in [3.63, 3.8) is 0 Å². The summed E-state index contributed by atoms with van der Waals surface area (Å²) in [7, 11) is 0. The molecule has 2 saturated carbocycles. The first-order chi connectivity index (χ1) is 11.0. The van der Waals surface area contributed by atoms with E-state index in [1.165, 1.54) is 24.1 Å². The van der Waals surface area contributed by atoms with Gasteiger partial charge in [-0.15, -0.1) is 11.3 Å². The first-order valence-corrected chi connectivity index (χ1v) is 9.59. The van der Waals surface area contributed by atoms with E-state index >= 15 is 0 Å². The van der Waals surface area contributed by atoms with Gasteiger partial charge in [-0.2, -0.15) is 0 Å². The second-order valence-electron chi connectivity index (χ2n) is 7.69. The molecule has 1 aromatic heterocycles. The van der Waals surface area contributed by atoms with Gasteiger partial charge in [0.15, 0.2) is 0 Å². The van der Waals surface area contributed by atoms with E-state index in [0.717, 1.165) is 37.2 Å². The number of carbonyl (C=O) groups is 2. The number of nitrogens with one attached hydrogen (secondary N) is 1. The Bertz CT molecular complexity index is 666. The summed E-state index contributed by atoms with van der Waals surface area (Å²) in [4.78, 5) is 25.9. The number of fused-ring (bicyclic) bond motifs is 3. The smallest absolute Gasteiger partial charge is 0.251 e. The third kappa shape index (κ3) is 2.59. The Kier molecular flexibility index (Phi) is 3.71. The van der Waals surface area contributed by atoms with E-state index in [9.17, 15) is 9.59 Å². The van der Waals surface area contributed by atoms with Gasteiger partial charge in [-0.25, -0.2) is 0 Å². The summed E-state index contributed by atoms with van der Waals surface area (Å²) >= 11 is 1.57. The highest BCUT2D eigenvalue weighted by molar-refractivity contribution is 7.17. The van der Waals surface area contributed by atoms with Crippen LogP contribution < -0.4 is 11.1 Å². The van der Waals surface area contributed by atoms with E-state index in [2.05, 4.69) is 12.2 Å². The number of anilines is 1. The molecule has 2 bridgehead atoms. The van der Waals surface area contributed by atoms with Gasteiger partial charge in [0.05, 0.1) is 5.56 Å². The van der Waals surface area contributed by atoms with Crippen LogP contribution in [0.3, 0.4) is 0 Å². The summed E-state index contributed by atoms with van der Waals surface area (Å²) in [6.07, 6.45) is 7.67. The minimum Gasteiger partial charge on any atom is -0.365 e. The zero-order chi connectivity index (χ0) is 16.1. The van der Waals surface area contributed by atoms with Gasteiger partial charge < -0.3 is 11.1 Å². The standard InChI is InChI=1S/C18H24N2O2S/c1-9-2-5-12-14(6-9)23-18(15(12)16(19)21)20-17(22)13-8-10-3-4-11(13)7-10/h9-11,13H,2-8H2,1H3,(H2,19,21)(H,20,22)/t9-,10+,11+,13-/m0/s1. The van der Waals surface area contributed by atoms with Crippen LogP contribution in [-0.2, 0) is 17.6 Å². The second kappa shape index (κ2) is 5.62. The molecule has 0 aliphatic heterocycles. The fraction of sp³-hybridized carbons (Fsp3) is 0.667. The van der Waals surface area contributed by atoms with Gasteiger partial charge in [-0.3, -0.25) is 9.59 Å². The lowest BCUT2D eigenvalue weighted by Gasteiger charge is -2.20. The van der Waals surface area contributed by atoms with E-state index in [1.54, 1.807) is 11.3 Å². The lowest BCUT2D eigenvalue weighted by atomic mass is 9.87. The number of hydrogen-bond acceptors (Lipinski definition) is 3. The summed E-state index contributed by atoms with van der Waals surface area (Å²) in [6, 6.07) is 0. The summed E-state index contributed by atoms with van der Waals surface area (Å²) in [5.41, 5.74) is 7.29. The van der Waals surface area contributed by atoms with Crippen molar-refractivity contribution in [2.45, 2.75) is 51.9 Å². The molecule has 0 radical (unpaired) electrons. The molecular weight excluding hydrogens is 308 g/mol. The van der Waals surface area contributed by atoms with Crippen LogP contribution in [0.15, 0.2) is 0 Å². The van der Waals surface area contributed by atoms with Crippen molar-refractivity contribution >= 4 is 28.2 Å². The highest BCUT2D eigenvalue weighted by Crippen LogP contribution is 2.49. The van der Waals surface area contributed by atoms with Gasteiger partial charge in [-0.1, -0.05) is 13.3 Å². The number of primary amides is 1. The van der Waals surface area contributed by atoms with Crippen LogP contribution in [0.1, 0.15) is 59.8 Å². The predicted molar refractivity (Wildman–Crippen MR) is 91.6 cm³/mol. The molecule has 3 aliphatic carbocycles. The normalized spacial score (nSPS) is 31.9. The van der Waals surface area contributed by atoms with Crippen LogP contribution in [0.5, 0.6) is 0 Å². The highest BCUT2D eigenvalue weighted by Gasteiger charge is 2.43. The van der Waals surface area contributed by atoms with Crippen LogP contribution >= 0.6 is 11.3 Å². The zero-order valence-electron chi connectivity index (χ0n) is 13.6. The first kappa shape index (κ1) is 15.2. The molecule has 3 N–H and O–H groups in total. The molecule has 4 nitrogen and oxygen atoms in total. The van der Waals surface area contributed by atoms with E-state index in [1.807, 2.05) is 0 Å². The third-order valence-electron chi connectivity index (χ3n) is 6.07. The Hall–Kier alpha value is -1.36. The molecule has 0 spiro atoms. The summed E-state index contributed by atoms with van der Waals surface area (Å²) in [6.45, 7) is 2.24. The van der Waals surface area contributed by atoms with Crippen LogP contribution in [0, 0.1) is 23.7 Å². The SMILES string of the molecule is C[C@H]1CCc2c(sc(NC(=O)[C@H]3C[C@@H]4CC[C@@H]3C4)c2C(N)=O)C1. The Labute approximate surface area is 140 Å². The van der Waals surface area contributed by atoms with E-state index < -0.39 is 5.91 Å². The monoisotopic (exact) mass is 332 g/mol. The van der Waals surface area contributed by atoms with Crippen molar-refractivity contribution in [1.82, 2.24) is 0 Å². The van der Waals surface area contributed by atoms with Gasteiger partial charge in [0.1, 0.15) is 5.00 Å². The van der Waals surface area contributed by atoms with Crippen molar-refractivity contribution < 1.29 is 9.59 Å². The summed E-state index contributed by atoms with van der Waals surface area (Å²) < 4.78 is 0. The molecule has 1 heterocycles. The molecule has 124 valence electrons.